The van der Waals surface area contributed by atoms with Crippen LogP contribution in [-0.2, 0) is 4.74 Å². The average molecular weight is 182 g/mol. The molecular formula is C9H14N2O2. The molecule has 1 saturated carbocycles. The fourth-order valence-electron chi connectivity index (χ4n) is 1.55. The van der Waals surface area contributed by atoms with Crippen molar-refractivity contribution in [1.29, 1.82) is 5.26 Å². The molecule has 1 aliphatic carbocycles. The molecule has 13 heavy (non-hydrogen) atoms. The second kappa shape index (κ2) is 5.41. The molecule has 1 rings (SSSR count). The lowest BCUT2D eigenvalue weighted by molar-refractivity contribution is 0.152. The van der Waals surface area contributed by atoms with Crippen LogP contribution in [0.25, 0.3) is 0 Å². The van der Waals surface area contributed by atoms with Gasteiger partial charge in [0.15, 0.2) is 6.61 Å². The standard InChI is InChI=1S/C9H14N2O2/c10-6-7-13-9(12)11-8-4-2-1-3-5-8/h8H,1-5,7H2,(H,11,12). The number of alkyl carbamates (subject to hydrolysis) is 1. The molecule has 1 fully saturated rings. The molecule has 0 aliphatic heterocycles. The molecular weight excluding hydrogens is 168 g/mol. The molecule has 0 aromatic carbocycles. The van der Waals surface area contributed by atoms with E-state index in [-0.39, 0.29) is 12.6 Å². The molecule has 1 amide bonds. The highest BCUT2D eigenvalue weighted by molar-refractivity contribution is 5.67. The van der Waals surface area contributed by atoms with Gasteiger partial charge in [-0.25, -0.2) is 4.79 Å². The van der Waals surface area contributed by atoms with Gasteiger partial charge in [-0.05, 0) is 12.8 Å². The van der Waals surface area contributed by atoms with Crippen LogP contribution < -0.4 is 5.32 Å². The van der Waals surface area contributed by atoms with Crippen molar-refractivity contribution in [3.8, 4) is 6.07 Å². The van der Waals surface area contributed by atoms with Gasteiger partial charge in [-0.2, -0.15) is 5.26 Å². The van der Waals surface area contributed by atoms with Crippen LogP contribution in [0.2, 0.25) is 0 Å². The molecule has 0 spiro atoms. The molecule has 0 saturated heterocycles. The number of carbonyl (C=O) groups excluding carboxylic acids is 1. The van der Waals surface area contributed by atoms with Crippen molar-refractivity contribution in [3.05, 3.63) is 0 Å². The Labute approximate surface area is 77.9 Å². The number of hydrogen-bond acceptors (Lipinski definition) is 3. The Kier molecular flexibility index (Phi) is 4.10. The Morgan fingerprint density at radius 3 is 2.77 bits per heavy atom. The molecule has 4 nitrogen and oxygen atoms in total. The Morgan fingerprint density at radius 1 is 1.46 bits per heavy atom. The lowest BCUT2D eigenvalue weighted by Gasteiger charge is -2.21. The van der Waals surface area contributed by atoms with E-state index >= 15 is 0 Å². The Morgan fingerprint density at radius 2 is 2.15 bits per heavy atom. The summed E-state index contributed by atoms with van der Waals surface area (Å²) >= 11 is 0. The van der Waals surface area contributed by atoms with Crippen LogP contribution in [0.4, 0.5) is 4.79 Å². The zero-order chi connectivity index (χ0) is 9.52. The predicted octanol–water partition coefficient (Wildman–Crippen LogP) is 1.57. The highest BCUT2D eigenvalue weighted by atomic mass is 16.5. The van der Waals surface area contributed by atoms with Crippen LogP contribution in [0.3, 0.4) is 0 Å². The molecule has 0 aromatic rings. The smallest absolute Gasteiger partial charge is 0.408 e. The third kappa shape index (κ3) is 3.79. The predicted molar refractivity (Wildman–Crippen MR) is 47.0 cm³/mol. The van der Waals surface area contributed by atoms with Gasteiger partial charge >= 0.3 is 6.09 Å². The van der Waals surface area contributed by atoms with E-state index in [1.54, 1.807) is 6.07 Å². The van der Waals surface area contributed by atoms with Gasteiger partial charge in [-0.15, -0.1) is 0 Å². The first kappa shape index (κ1) is 9.85. The van der Waals surface area contributed by atoms with Gasteiger partial charge < -0.3 is 10.1 Å². The summed E-state index contributed by atoms with van der Waals surface area (Å²) in [6.07, 6.45) is 5.19. The van der Waals surface area contributed by atoms with E-state index in [9.17, 15) is 4.79 Å². The van der Waals surface area contributed by atoms with Gasteiger partial charge in [-0.3, -0.25) is 0 Å². The monoisotopic (exact) mass is 182 g/mol. The highest BCUT2D eigenvalue weighted by Gasteiger charge is 2.15. The van der Waals surface area contributed by atoms with Crippen molar-refractivity contribution in [2.24, 2.45) is 0 Å². The molecule has 4 heteroatoms. The first-order valence-electron chi connectivity index (χ1n) is 4.63. The van der Waals surface area contributed by atoms with Crippen molar-refractivity contribution in [1.82, 2.24) is 5.32 Å². The van der Waals surface area contributed by atoms with E-state index in [1.807, 2.05) is 0 Å². The molecule has 0 unspecified atom stereocenters. The third-order valence-corrected chi connectivity index (χ3v) is 2.19. The maximum atomic E-state index is 11.0. The van der Waals surface area contributed by atoms with E-state index < -0.39 is 6.09 Å². The van der Waals surface area contributed by atoms with Gasteiger partial charge in [0.2, 0.25) is 0 Å². The number of rotatable bonds is 2. The topological polar surface area (TPSA) is 62.1 Å². The minimum absolute atomic E-state index is 0.168. The maximum absolute atomic E-state index is 11.0. The normalized spacial score (nSPS) is 17.5. The van der Waals surface area contributed by atoms with Gasteiger partial charge in [-0.1, -0.05) is 19.3 Å². The number of amides is 1. The summed E-state index contributed by atoms with van der Waals surface area (Å²) in [7, 11) is 0. The van der Waals surface area contributed by atoms with Crippen LogP contribution in [0.1, 0.15) is 32.1 Å². The second-order valence-corrected chi connectivity index (χ2v) is 3.21. The Hall–Kier alpha value is -1.24. The molecule has 0 radical (unpaired) electrons. The molecule has 0 atom stereocenters. The highest BCUT2D eigenvalue weighted by Crippen LogP contribution is 2.17. The first-order chi connectivity index (χ1) is 6.33. The molecule has 0 heterocycles. The zero-order valence-corrected chi connectivity index (χ0v) is 7.58. The SMILES string of the molecule is N#CCOC(=O)NC1CCCCC1. The summed E-state index contributed by atoms with van der Waals surface area (Å²) in [5, 5.41) is 10.9. The number of carbonyl (C=O) groups is 1. The number of nitriles is 1. The van der Waals surface area contributed by atoms with Crippen LogP contribution in [0, 0.1) is 11.3 Å². The van der Waals surface area contributed by atoms with Crippen LogP contribution >= 0.6 is 0 Å². The minimum Gasteiger partial charge on any atom is -0.434 e. The quantitative estimate of drug-likeness (QED) is 0.705. The fraction of sp³-hybridized carbons (Fsp3) is 0.778. The number of hydrogen-bond donors (Lipinski definition) is 1. The van der Waals surface area contributed by atoms with Gasteiger partial charge in [0.05, 0.1) is 0 Å². The average Bonchev–Trinajstić information content (AvgIpc) is 2.16. The van der Waals surface area contributed by atoms with E-state index in [4.69, 9.17) is 5.26 Å². The summed E-state index contributed by atoms with van der Waals surface area (Å²) < 4.78 is 4.58. The molecule has 72 valence electrons. The van der Waals surface area contributed by atoms with Crippen LogP contribution in [0.5, 0.6) is 0 Å². The summed E-state index contributed by atoms with van der Waals surface area (Å²) in [4.78, 5) is 11.0. The van der Waals surface area contributed by atoms with Crippen molar-refractivity contribution >= 4 is 6.09 Å². The van der Waals surface area contributed by atoms with Crippen LogP contribution in [-0.4, -0.2) is 18.7 Å². The van der Waals surface area contributed by atoms with Gasteiger partial charge in [0.1, 0.15) is 6.07 Å². The van der Waals surface area contributed by atoms with E-state index in [0.29, 0.717) is 0 Å². The van der Waals surface area contributed by atoms with E-state index in [2.05, 4.69) is 10.1 Å². The summed E-state index contributed by atoms with van der Waals surface area (Å²) in [5.41, 5.74) is 0. The summed E-state index contributed by atoms with van der Waals surface area (Å²) in [5.74, 6) is 0. The van der Waals surface area contributed by atoms with Crippen molar-refractivity contribution in [2.45, 2.75) is 38.1 Å². The van der Waals surface area contributed by atoms with E-state index in [0.717, 1.165) is 12.8 Å². The molecule has 1 N–H and O–H groups in total. The number of ether oxygens (including phenoxy) is 1. The third-order valence-electron chi connectivity index (χ3n) is 2.19. The Balaban J connectivity index is 2.15. The lowest BCUT2D eigenvalue weighted by Crippen LogP contribution is -2.36. The number of nitrogens with zero attached hydrogens (tertiary/aromatic N) is 1. The largest absolute Gasteiger partial charge is 0.434 e. The zero-order valence-electron chi connectivity index (χ0n) is 7.58. The number of nitrogens with one attached hydrogen (secondary N) is 1. The molecule has 0 aromatic heterocycles. The van der Waals surface area contributed by atoms with Crippen LogP contribution in [0.15, 0.2) is 0 Å². The summed E-state index contributed by atoms with van der Waals surface area (Å²) in [6, 6.07) is 2.00. The van der Waals surface area contributed by atoms with E-state index in [1.165, 1.54) is 19.3 Å². The fourth-order valence-corrected chi connectivity index (χ4v) is 1.55. The molecule has 1 aliphatic rings. The molecule has 0 bridgehead atoms. The second-order valence-electron chi connectivity index (χ2n) is 3.21. The maximum Gasteiger partial charge on any atom is 0.408 e. The summed E-state index contributed by atoms with van der Waals surface area (Å²) in [6.45, 7) is -0.168. The first-order valence-corrected chi connectivity index (χ1v) is 4.63. The van der Waals surface area contributed by atoms with Crippen molar-refractivity contribution < 1.29 is 9.53 Å². The lowest BCUT2D eigenvalue weighted by atomic mass is 9.96. The van der Waals surface area contributed by atoms with Crippen molar-refractivity contribution in [2.75, 3.05) is 6.61 Å². The van der Waals surface area contributed by atoms with Gasteiger partial charge in [0.25, 0.3) is 0 Å². The van der Waals surface area contributed by atoms with Crippen molar-refractivity contribution in [3.63, 3.8) is 0 Å². The Bertz CT molecular complexity index is 204. The van der Waals surface area contributed by atoms with Gasteiger partial charge in [0, 0.05) is 6.04 Å². The minimum atomic E-state index is -0.464.